The summed E-state index contributed by atoms with van der Waals surface area (Å²) in [7, 11) is 0. The molecule has 5 rings (SSSR count). The summed E-state index contributed by atoms with van der Waals surface area (Å²) >= 11 is 0. The molecule has 3 amide bonds. The molecule has 0 spiro atoms. The monoisotopic (exact) mass is 494 g/mol. The van der Waals surface area contributed by atoms with Crippen molar-refractivity contribution in [1.29, 1.82) is 0 Å². The smallest absolute Gasteiger partial charge is 0.251 e. The molecule has 9 nitrogen and oxygen atoms in total. The third kappa shape index (κ3) is 4.40. The Bertz CT molecular complexity index is 1120. The second-order valence-corrected chi connectivity index (χ2v) is 10.1. The number of ether oxygens (including phenoxy) is 1. The summed E-state index contributed by atoms with van der Waals surface area (Å²) in [5, 5.41) is 3.05. The first-order valence-electron chi connectivity index (χ1n) is 12.9. The summed E-state index contributed by atoms with van der Waals surface area (Å²) in [6.45, 7) is 7.35. The van der Waals surface area contributed by atoms with Gasteiger partial charge in [0.1, 0.15) is 24.0 Å². The number of nitrogens with one attached hydrogen (secondary N) is 1. The van der Waals surface area contributed by atoms with Crippen molar-refractivity contribution in [1.82, 2.24) is 20.1 Å². The van der Waals surface area contributed by atoms with Crippen molar-refractivity contribution >= 4 is 17.7 Å². The Hall–Kier alpha value is -3.20. The minimum Gasteiger partial charge on any atom is -0.449 e. The van der Waals surface area contributed by atoms with E-state index < -0.39 is 18.1 Å². The van der Waals surface area contributed by atoms with E-state index in [4.69, 9.17) is 9.15 Å². The third-order valence-corrected chi connectivity index (χ3v) is 7.88. The maximum absolute atomic E-state index is 14.3. The predicted molar refractivity (Wildman–Crippen MR) is 131 cm³/mol. The van der Waals surface area contributed by atoms with Crippen molar-refractivity contribution < 1.29 is 23.5 Å². The largest absolute Gasteiger partial charge is 0.449 e. The summed E-state index contributed by atoms with van der Waals surface area (Å²) in [5.74, 6) is -0.520. The molecule has 36 heavy (non-hydrogen) atoms. The average Bonchev–Trinajstić information content (AvgIpc) is 3.52. The van der Waals surface area contributed by atoms with E-state index in [0.29, 0.717) is 57.2 Å². The lowest BCUT2D eigenvalue weighted by Gasteiger charge is -2.46. The lowest BCUT2D eigenvalue weighted by Crippen LogP contribution is -2.68. The summed E-state index contributed by atoms with van der Waals surface area (Å²) in [6.07, 6.45) is 3.53. The molecule has 2 saturated heterocycles. The number of rotatable bonds is 6. The number of carbonyl (C=O) groups is 3. The highest BCUT2D eigenvalue weighted by Crippen LogP contribution is 2.36. The lowest BCUT2D eigenvalue weighted by molar-refractivity contribution is -0.163. The number of carbonyl (C=O) groups excluding carboxylic acids is 3. The zero-order valence-electron chi connectivity index (χ0n) is 21.1. The van der Waals surface area contributed by atoms with Crippen LogP contribution in [-0.4, -0.2) is 70.9 Å². The summed E-state index contributed by atoms with van der Waals surface area (Å²) in [6, 6.07) is 5.62. The Kier molecular flexibility index (Phi) is 6.83. The fraction of sp³-hybridized carbons (Fsp3) is 0.556. The predicted octanol–water partition coefficient (Wildman–Crippen LogP) is 2.04. The minimum absolute atomic E-state index is 0.0718. The van der Waals surface area contributed by atoms with Crippen molar-refractivity contribution in [2.24, 2.45) is 11.8 Å². The molecule has 1 aliphatic carbocycles. The number of amides is 3. The molecule has 1 aromatic carbocycles. The molecule has 9 heteroatoms. The SMILES string of the molecule is CC[C@H](C)C1C(=O)NC(C2Cc3ccccc3C2)C(=O)N1C(C(=O)N1CCOCC1)c1coc(C)n1. The molecule has 192 valence electrons. The van der Waals surface area contributed by atoms with Crippen molar-refractivity contribution in [3.05, 3.63) is 53.2 Å². The van der Waals surface area contributed by atoms with E-state index in [9.17, 15) is 14.4 Å². The molecule has 0 radical (unpaired) electrons. The van der Waals surface area contributed by atoms with Crippen LogP contribution < -0.4 is 5.32 Å². The van der Waals surface area contributed by atoms with Crippen molar-refractivity contribution in [3.8, 4) is 0 Å². The number of aryl methyl sites for hydroxylation is 1. The number of hydrogen-bond acceptors (Lipinski definition) is 6. The highest BCUT2D eigenvalue weighted by Gasteiger charge is 2.52. The van der Waals surface area contributed by atoms with Gasteiger partial charge in [-0.2, -0.15) is 0 Å². The molecule has 2 fully saturated rings. The third-order valence-electron chi connectivity index (χ3n) is 7.88. The first-order valence-corrected chi connectivity index (χ1v) is 12.9. The maximum Gasteiger partial charge on any atom is 0.251 e. The molecule has 3 unspecified atom stereocenters. The number of aromatic nitrogens is 1. The zero-order valence-corrected chi connectivity index (χ0v) is 21.1. The van der Waals surface area contributed by atoms with E-state index in [1.165, 1.54) is 22.3 Å². The van der Waals surface area contributed by atoms with E-state index in [-0.39, 0.29) is 29.6 Å². The van der Waals surface area contributed by atoms with Crippen molar-refractivity contribution in [2.75, 3.05) is 26.3 Å². The Morgan fingerprint density at radius 1 is 1.17 bits per heavy atom. The minimum atomic E-state index is -1.04. The molecule has 0 saturated carbocycles. The van der Waals surface area contributed by atoms with Gasteiger partial charge in [-0.3, -0.25) is 14.4 Å². The highest BCUT2D eigenvalue weighted by atomic mass is 16.5. The second kappa shape index (κ2) is 10.0. The normalized spacial score (nSPS) is 24.4. The van der Waals surface area contributed by atoms with Crippen LogP contribution in [0, 0.1) is 18.8 Å². The molecule has 3 heterocycles. The topological polar surface area (TPSA) is 105 Å². The first kappa shape index (κ1) is 24.5. The van der Waals surface area contributed by atoms with E-state index in [2.05, 4.69) is 22.4 Å². The van der Waals surface area contributed by atoms with Gasteiger partial charge >= 0.3 is 0 Å². The van der Waals surface area contributed by atoms with E-state index in [1.807, 2.05) is 26.0 Å². The number of fused-ring (bicyclic) bond motifs is 1. The number of piperazine rings is 1. The van der Waals surface area contributed by atoms with Gasteiger partial charge in [0.2, 0.25) is 11.8 Å². The van der Waals surface area contributed by atoms with E-state index >= 15 is 0 Å². The van der Waals surface area contributed by atoms with Gasteiger partial charge in [0.25, 0.3) is 5.91 Å². The molecular formula is C27H34N4O5. The van der Waals surface area contributed by atoms with Crippen LogP contribution in [0.2, 0.25) is 0 Å². The standard InChI is InChI=1S/C27H34N4O5/c1-4-16(2)23-25(32)29-22(20-13-18-7-5-6-8-19(18)14-20)26(33)31(23)24(21-15-36-17(3)28-21)27(34)30-9-11-35-12-10-30/h5-8,15-16,20,22-24H,4,9-14H2,1-3H3,(H,29,32)/t16-,22?,23?,24?/m0/s1. The van der Waals surface area contributed by atoms with Crippen LogP contribution >= 0.6 is 0 Å². The first-order chi connectivity index (χ1) is 17.4. The van der Waals surface area contributed by atoms with Gasteiger partial charge in [0.15, 0.2) is 11.9 Å². The highest BCUT2D eigenvalue weighted by molar-refractivity contribution is 6.00. The zero-order chi connectivity index (χ0) is 25.4. The number of morpholine rings is 1. The van der Waals surface area contributed by atoms with Gasteiger partial charge in [0.05, 0.1) is 13.2 Å². The number of hydrogen-bond donors (Lipinski definition) is 1. The Morgan fingerprint density at radius 3 is 2.42 bits per heavy atom. The average molecular weight is 495 g/mol. The number of nitrogens with zero attached hydrogens (tertiary/aromatic N) is 3. The van der Waals surface area contributed by atoms with Crippen LogP contribution in [0.5, 0.6) is 0 Å². The molecule has 3 aliphatic rings. The fourth-order valence-corrected chi connectivity index (χ4v) is 5.77. The van der Waals surface area contributed by atoms with Gasteiger partial charge in [-0.15, -0.1) is 0 Å². The van der Waals surface area contributed by atoms with Crippen LogP contribution in [0.4, 0.5) is 0 Å². The van der Waals surface area contributed by atoms with Crippen molar-refractivity contribution in [3.63, 3.8) is 0 Å². The van der Waals surface area contributed by atoms with Gasteiger partial charge in [-0.25, -0.2) is 4.98 Å². The van der Waals surface area contributed by atoms with Gasteiger partial charge in [0, 0.05) is 20.0 Å². The molecular weight excluding hydrogens is 460 g/mol. The quantitative estimate of drug-likeness (QED) is 0.659. The van der Waals surface area contributed by atoms with Gasteiger partial charge < -0.3 is 24.3 Å². The van der Waals surface area contributed by atoms with Crippen molar-refractivity contribution in [2.45, 2.75) is 58.2 Å². The Balaban J connectivity index is 1.54. The van der Waals surface area contributed by atoms with Crippen LogP contribution in [0.25, 0.3) is 0 Å². The van der Waals surface area contributed by atoms with Crippen LogP contribution in [0.1, 0.15) is 49.0 Å². The van der Waals surface area contributed by atoms with Gasteiger partial charge in [-0.05, 0) is 35.8 Å². The molecule has 1 aromatic heterocycles. The maximum atomic E-state index is 14.3. The second-order valence-electron chi connectivity index (χ2n) is 10.1. The molecule has 1 N–H and O–H groups in total. The Morgan fingerprint density at radius 2 is 1.83 bits per heavy atom. The summed E-state index contributed by atoms with van der Waals surface area (Å²) in [4.78, 5) is 49.6. The fourth-order valence-electron chi connectivity index (χ4n) is 5.77. The van der Waals surface area contributed by atoms with Crippen LogP contribution in [-0.2, 0) is 32.0 Å². The lowest BCUT2D eigenvalue weighted by atomic mass is 9.86. The molecule has 2 aromatic rings. The summed E-state index contributed by atoms with van der Waals surface area (Å²) in [5.41, 5.74) is 2.76. The van der Waals surface area contributed by atoms with E-state index in [1.54, 1.807) is 11.8 Å². The molecule has 0 bridgehead atoms. The van der Waals surface area contributed by atoms with Gasteiger partial charge in [-0.1, -0.05) is 44.5 Å². The number of oxazole rings is 1. The Labute approximate surface area is 211 Å². The number of benzene rings is 1. The summed E-state index contributed by atoms with van der Waals surface area (Å²) < 4.78 is 10.9. The van der Waals surface area contributed by atoms with E-state index in [0.717, 1.165) is 0 Å². The molecule has 4 atom stereocenters. The van der Waals surface area contributed by atoms with Crippen LogP contribution in [0.15, 0.2) is 34.9 Å². The van der Waals surface area contributed by atoms with Crippen LogP contribution in [0.3, 0.4) is 0 Å². The molecule has 2 aliphatic heterocycles.